The molecule has 49 heavy (non-hydrogen) atoms. The number of alkyl halides is 3. The molecule has 4 aliphatic rings. The van der Waals surface area contributed by atoms with E-state index in [0.29, 0.717) is 76.7 Å². The molecule has 6 rings (SSSR count). The summed E-state index contributed by atoms with van der Waals surface area (Å²) in [5, 5.41) is 10.1. The molecule has 4 fully saturated rings. The lowest BCUT2D eigenvalue weighted by Gasteiger charge is -2.38. The summed E-state index contributed by atoms with van der Waals surface area (Å²) in [4.78, 5) is 33.0. The quantitative estimate of drug-likeness (QED) is 0.331. The first-order valence-electron chi connectivity index (χ1n) is 18.0. The average Bonchev–Trinajstić information content (AvgIpc) is 3.57. The van der Waals surface area contributed by atoms with Crippen LogP contribution < -0.4 is 9.64 Å². The number of ether oxygens (including phenoxy) is 2. The van der Waals surface area contributed by atoms with Gasteiger partial charge in [-0.25, -0.2) is 0 Å². The first-order valence-corrected chi connectivity index (χ1v) is 18.0. The minimum Gasteiger partial charge on any atom is -0.497 e. The van der Waals surface area contributed by atoms with Crippen LogP contribution in [0.15, 0.2) is 42.5 Å². The molecule has 2 aromatic rings. The van der Waals surface area contributed by atoms with Gasteiger partial charge in [0.1, 0.15) is 5.75 Å². The van der Waals surface area contributed by atoms with E-state index in [9.17, 15) is 27.9 Å². The normalized spacial score (nSPS) is 26.2. The summed E-state index contributed by atoms with van der Waals surface area (Å²) < 4.78 is 52.2. The minimum absolute atomic E-state index is 0.0234. The number of nitrogens with zero attached hydrogens (tertiary/aromatic N) is 3. The zero-order valence-corrected chi connectivity index (χ0v) is 28.7. The van der Waals surface area contributed by atoms with E-state index in [4.69, 9.17) is 9.47 Å². The predicted molar refractivity (Wildman–Crippen MR) is 181 cm³/mol. The van der Waals surface area contributed by atoms with Gasteiger partial charge < -0.3 is 24.4 Å². The Hall–Kier alpha value is -3.31. The second-order valence-corrected chi connectivity index (χ2v) is 14.3. The first-order chi connectivity index (χ1) is 23.5. The molecule has 1 N–H and O–H groups in total. The second-order valence-electron chi connectivity index (χ2n) is 14.3. The van der Waals surface area contributed by atoms with Crippen molar-refractivity contribution in [1.29, 1.82) is 0 Å². The fourth-order valence-electron chi connectivity index (χ4n) is 8.60. The third-order valence-corrected chi connectivity index (χ3v) is 11.5. The van der Waals surface area contributed by atoms with Crippen molar-refractivity contribution in [3.8, 4) is 5.75 Å². The third-order valence-electron chi connectivity index (χ3n) is 11.5. The van der Waals surface area contributed by atoms with Gasteiger partial charge in [-0.3, -0.25) is 14.5 Å². The number of carbonyl (C=O) groups excluding carboxylic acids is 2. The Morgan fingerprint density at radius 3 is 2.16 bits per heavy atom. The average molecular weight is 686 g/mol. The van der Waals surface area contributed by atoms with Gasteiger partial charge in [0.15, 0.2) is 0 Å². The number of hydrogen-bond donors (Lipinski definition) is 1. The number of methoxy groups -OCH3 is 1. The number of halogens is 3. The van der Waals surface area contributed by atoms with Crippen molar-refractivity contribution in [2.24, 2.45) is 11.8 Å². The van der Waals surface area contributed by atoms with Crippen LogP contribution in [0.5, 0.6) is 5.75 Å². The third kappa shape index (κ3) is 8.03. The lowest BCUT2D eigenvalue weighted by Crippen LogP contribution is -2.44. The van der Waals surface area contributed by atoms with Crippen molar-refractivity contribution >= 4 is 17.6 Å². The molecule has 3 heterocycles. The van der Waals surface area contributed by atoms with Crippen LogP contribution in [-0.2, 0) is 20.5 Å². The van der Waals surface area contributed by atoms with Gasteiger partial charge >= 0.3 is 12.1 Å². The SMILES string of the molecule is CCOC(=O)C1CCN(c2cc(C(F)(F)F)ccc2C2CCN(C(=O)[C@@H]3CN(C4CCC(O)CC4)C[C@H]3c3ccc(OC)cc3)CC2)CC1. The molecule has 1 aliphatic carbocycles. The van der Waals surface area contributed by atoms with Crippen molar-refractivity contribution in [3.05, 3.63) is 59.2 Å². The fourth-order valence-corrected chi connectivity index (χ4v) is 8.60. The van der Waals surface area contributed by atoms with E-state index in [-0.39, 0.29) is 41.7 Å². The van der Waals surface area contributed by atoms with E-state index in [0.717, 1.165) is 49.1 Å². The van der Waals surface area contributed by atoms with Crippen LogP contribution in [0.1, 0.15) is 86.8 Å². The Labute approximate surface area is 287 Å². The highest BCUT2D eigenvalue weighted by Crippen LogP contribution is 2.42. The summed E-state index contributed by atoms with van der Waals surface area (Å²) in [6, 6.07) is 12.5. The summed E-state index contributed by atoms with van der Waals surface area (Å²) in [5.41, 5.74) is 1.92. The number of benzene rings is 2. The molecule has 268 valence electrons. The van der Waals surface area contributed by atoms with Crippen molar-refractivity contribution in [2.45, 2.75) is 88.4 Å². The van der Waals surface area contributed by atoms with Gasteiger partial charge in [-0.1, -0.05) is 18.2 Å². The first kappa shape index (κ1) is 35.5. The van der Waals surface area contributed by atoms with Crippen LogP contribution in [-0.4, -0.2) is 91.9 Å². The number of amides is 1. The van der Waals surface area contributed by atoms with Crippen LogP contribution in [0.3, 0.4) is 0 Å². The Morgan fingerprint density at radius 1 is 0.878 bits per heavy atom. The molecule has 2 aromatic carbocycles. The molecular weight excluding hydrogens is 635 g/mol. The molecular formula is C38H50F3N3O5. The van der Waals surface area contributed by atoms with E-state index in [1.165, 1.54) is 12.1 Å². The van der Waals surface area contributed by atoms with E-state index in [2.05, 4.69) is 17.0 Å². The van der Waals surface area contributed by atoms with Crippen molar-refractivity contribution in [3.63, 3.8) is 0 Å². The highest BCUT2D eigenvalue weighted by Gasteiger charge is 2.44. The van der Waals surface area contributed by atoms with Crippen LogP contribution in [0.2, 0.25) is 0 Å². The molecule has 0 bridgehead atoms. The molecule has 8 nitrogen and oxygen atoms in total. The summed E-state index contributed by atoms with van der Waals surface area (Å²) in [5.74, 6) is 0.316. The van der Waals surface area contributed by atoms with Crippen molar-refractivity contribution in [2.75, 3.05) is 57.9 Å². The van der Waals surface area contributed by atoms with Gasteiger partial charge in [-0.2, -0.15) is 13.2 Å². The monoisotopic (exact) mass is 685 g/mol. The molecule has 11 heteroatoms. The predicted octanol–water partition coefficient (Wildman–Crippen LogP) is 6.22. The van der Waals surface area contributed by atoms with Gasteiger partial charge in [0.05, 0.1) is 37.2 Å². The minimum atomic E-state index is -4.46. The summed E-state index contributed by atoms with van der Waals surface area (Å²) in [6.45, 7) is 5.63. The van der Waals surface area contributed by atoms with Gasteiger partial charge in [0.25, 0.3) is 0 Å². The standard InChI is InChI=1S/C38H50F3N3O5/c1-3-49-37(47)27-16-18-42(19-17-27)35-22-28(38(39,40)41)6-13-32(35)26-14-20-43(21-15-26)36(46)34-24-44(29-7-9-30(45)10-8-29)23-33(34)25-4-11-31(48-2)12-5-25/h4-6,11-13,22,26-27,29-30,33-34,45H,3,7-10,14-21,23-24H2,1-2H3/t29?,30?,33-,34+/m0/s1. The Balaban J connectivity index is 1.16. The number of aliphatic hydroxyl groups is 1. The lowest BCUT2D eigenvalue weighted by atomic mass is 9.84. The Kier molecular flexibility index (Phi) is 11.1. The van der Waals surface area contributed by atoms with Crippen LogP contribution >= 0.6 is 0 Å². The van der Waals surface area contributed by atoms with Crippen LogP contribution in [0.25, 0.3) is 0 Å². The number of anilines is 1. The topological polar surface area (TPSA) is 82.6 Å². The zero-order valence-electron chi connectivity index (χ0n) is 28.7. The van der Waals surface area contributed by atoms with E-state index in [1.807, 2.05) is 21.9 Å². The zero-order chi connectivity index (χ0) is 34.7. The highest BCUT2D eigenvalue weighted by atomic mass is 19.4. The molecule has 1 saturated carbocycles. The van der Waals surface area contributed by atoms with Crippen LogP contribution in [0.4, 0.5) is 18.9 Å². The van der Waals surface area contributed by atoms with E-state index >= 15 is 0 Å². The lowest BCUT2D eigenvalue weighted by molar-refractivity contribution is -0.148. The molecule has 0 spiro atoms. The number of esters is 1. The molecule has 1 amide bonds. The van der Waals surface area contributed by atoms with Crippen molar-refractivity contribution in [1.82, 2.24) is 9.80 Å². The second kappa shape index (κ2) is 15.3. The largest absolute Gasteiger partial charge is 0.497 e. The Morgan fingerprint density at radius 2 is 1.55 bits per heavy atom. The van der Waals surface area contributed by atoms with Crippen molar-refractivity contribution < 1.29 is 37.3 Å². The molecule has 0 aromatic heterocycles. The maximum atomic E-state index is 14.3. The number of aliphatic hydroxyl groups excluding tert-OH is 1. The van der Waals surface area contributed by atoms with Gasteiger partial charge in [-0.05, 0) is 99.6 Å². The van der Waals surface area contributed by atoms with Gasteiger partial charge in [0.2, 0.25) is 5.91 Å². The molecule has 2 atom stereocenters. The maximum absolute atomic E-state index is 14.3. The maximum Gasteiger partial charge on any atom is 0.416 e. The van der Waals surface area contributed by atoms with Gasteiger partial charge in [0, 0.05) is 56.9 Å². The molecule has 3 saturated heterocycles. The summed E-state index contributed by atoms with van der Waals surface area (Å²) >= 11 is 0. The number of carbonyl (C=O) groups is 2. The smallest absolute Gasteiger partial charge is 0.416 e. The highest BCUT2D eigenvalue weighted by molar-refractivity contribution is 5.81. The fraction of sp³-hybridized carbons (Fsp3) is 0.632. The molecule has 3 aliphatic heterocycles. The van der Waals surface area contributed by atoms with Crippen LogP contribution in [0, 0.1) is 11.8 Å². The number of piperidine rings is 2. The summed E-state index contributed by atoms with van der Waals surface area (Å²) in [6.07, 6.45) is 1.16. The number of hydrogen-bond acceptors (Lipinski definition) is 7. The Bertz CT molecular complexity index is 1430. The number of rotatable bonds is 8. The summed E-state index contributed by atoms with van der Waals surface area (Å²) in [7, 11) is 1.64. The number of likely N-dealkylation sites (tertiary alicyclic amines) is 2. The molecule has 0 radical (unpaired) electrons. The van der Waals surface area contributed by atoms with E-state index in [1.54, 1.807) is 20.1 Å². The molecule has 0 unspecified atom stereocenters. The van der Waals surface area contributed by atoms with E-state index < -0.39 is 11.7 Å². The van der Waals surface area contributed by atoms with Gasteiger partial charge in [-0.15, -0.1) is 0 Å².